The Kier molecular flexibility index (Phi) is 1.87. The highest BCUT2D eigenvalue weighted by Crippen LogP contribution is 2.35. The third-order valence-electron chi connectivity index (χ3n) is 3.02. The topological polar surface area (TPSA) is 47.0 Å². The van der Waals surface area contributed by atoms with E-state index in [1.165, 1.54) is 12.8 Å². The number of ether oxygens (including phenoxy) is 1. The van der Waals surface area contributed by atoms with Crippen LogP contribution < -0.4 is 5.32 Å². The molecule has 3 atom stereocenters. The van der Waals surface area contributed by atoms with Crippen LogP contribution in [0.3, 0.4) is 0 Å². The Morgan fingerprint density at radius 3 is 3.07 bits per heavy atom. The number of nitrogens with one attached hydrogen (secondary N) is 1. The number of rotatable bonds is 2. The van der Waals surface area contributed by atoms with Crippen LogP contribution in [0.4, 0.5) is 5.82 Å². The monoisotopic (exact) mass is 191 g/mol. The van der Waals surface area contributed by atoms with Crippen molar-refractivity contribution in [1.29, 1.82) is 0 Å². The van der Waals surface area contributed by atoms with Gasteiger partial charge in [0, 0.05) is 6.20 Å². The highest BCUT2D eigenvalue weighted by atomic mass is 16.5. The van der Waals surface area contributed by atoms with E-state index in [1.807, 2.05) is 6.07 Å². The van der Waals surface area contributed by atoms with Gasteiger partial charge in [0.1, 0.15) is 12.1 Å². The number of aromatic nitrogens is 2. The molecule has 4 heteroatoms. The lowest BCUT2D eigenvalue weighted by atomic mass is 9.95. The fourth-order valence-electron chi connectivity index (χ4n) is 2.36. The summed E-state index contributed by atoms with van der Waals surface area (Å²) in [5.74, 6) is 0.904. The van der Waals surface area contributed by atoms with Gasteiger partial charge in [-0.15, -0.1) is 0 Å². The molecule has 0 aliphatic carbocycles. The van der Waals surface area contributed by atoms with Crippen LogP contribution in [0.2, 0.25) is 0 Å². The van der Waals surface area contributed by atoms with E-state index in [4.69, 9.17) is 4.74 Å². The van der Waals surface area contributed by atoms with Crippen molar-refractivity contribution in [3.05, 3.63) is 18.6 Å². The van der Waals surface area contributed by atoms with Gasteiger partial charge in [0.25, 0.3) is 0 Å². The molecule has 2 saturated heterocycles. The lowest BCUT2D eigenvalue weighted by Gasteiger charge is -2.20. The summed E-state index contributed by atoms with van der Waals surface area (Å²) in [5.41, 5.74) is 0. The minimum absolute atomic E-state index is 0.398. The van der Waals surface area contributed by atoms with Crippen LogP contribution >= 0.6 is 0 Å². The molecule has 2 bridgehead atoms. The van der Waals surface area contributed by atoms with Gasteiger partial charge in [-0.25, -0.2) is 9.97 Å². The fourth-order valence-corrected chi connectivity index (χ4v) is 2.36. The molecule has 3 heterocycles. The first-order valence-corrected chi connectivity index (χ1v) is 5.10. The van der Waals surface area contributed by atoms with Crippen molar-refractivity contribution in [3.63, 3.8) is 0 Å². The smallest absolute Gasteiger partial charge is 0.129 e. The van der Waals surface area contributed by atoms with E-state index in [1.54, 1.807) is 12.5 Å². The van der Waals surface area contributed by atoms with E-state index in [-0.39, 0.29) is 0 Å². The maximum absolute atomic E-state index is 5.75. The molecular weight excluding hydrogens is 178 g/mol. The maximum Gasteiger partial charge on any atom is 0.129 e. The van der Waals surface area contributed by atoms with E-state index in [0.29, 0.717) is 18.2 Å². The van der Waals surface area contributed by atoms with Crippen LogP contribution in [0.1, 0.15) is 19.3 Å². The number of nitrogens with zero attached hydrogens (tertiary/aromatic N) is 2. The van der Waals surface area contributed by atoms with Crippen LogP contribution in [-0.2, 0) is 4.74 Å². The van der Waals surface area contributed by atoms with Crippen molar-refractivity contribution in [3.8, 4) is 0 Å². The summed E-state index contributed by atoms with van der Waals surface area (Å²) < 4.78 is 5.75. The van der Waals surface area contributed by atoms with Crippen molar-refractivity contribution in [2.45, 2.75) is 37.5 Å². The third kappa shape index (κ3) is 1.35. The molecule has 1 N–H and O–H groups in total. The van der Waals surface area contributed by atoms with E-state index < -0.39 is 0 Å². The zero-order valence-corrected chi connectivity index (χ0v) is 7.89. The van der Waals surface area contributed by atoms with Gasteiger partial charge in [-0.3, -0.25) is 0 Å². The number of hydrogen-bond donors (Lipinski definition) is 1. The molecule has 0 aromatic carbocycles. The van der Waals surface area contributed by atoms with Crippen molar-refractivity contribution in [2.24, 2.45) is 0 Å². The third-order valence-corrected chi connectivity index (χ3v) is 3.02. The number of anilines is 1. The van der Waals surface area contributed by atoms with Crippen molar-refractivity contribution in [1.82, 2.24) is 9.97 Å². The number of hydrogen-bond acceptors (Lipinski definition) is 4. The summed E-state index contributed by atoms with van der Waals surface area (Å²) >= 11 is 0. The molecule has 1 aromatic rings. The van der Waals surface area contributed by atoms with Gasteiger partial charge in [-0.1, -0.05) is 0 Å². The van der Waals surface area contributed by atoms with Crippen molar-refractivity contribution < 1.29 is 4.74 Å². The van der Waals surface area contributed by atoms with Crippen LogP contribution in [-0.4, -0.2) is 28.2 Å². The molecule has 2 aliphatic heterocycles. The predicted octanol–water partition coefficient (Wildman–Crippen LogP) is 1.21. The first-order valence-electron chi connectivity index (χ1n) is 5.10. The minimum Gasteiger partial charge on any atom is -0.373 e. The molecule has 2 fully saturated rings. The lowest BCUT2D eigenvalue weighted by Crippen LogP contribution is -2.30. The molecule has 0 spiro atoms. The molecule has 3 unspecified atom stereocenters. The molecule has 0 saturated carbocycles. The van der Waals surface area contributed by atoms with Gasteiger partial charge in [0.05, 0.1) is 18.2 Å². The summed E-state index contributed by atoms with van der Waals surface area (Å²) in [5, 5.41) is 3.40. The maximum atomic E-state index is 5.75. The van der Waals surface area contributed by atoms with E-state index >= 15 is 0 Å². The van der Waals surface area contributed by atoms with Crippen molar-refractivity contribution in [2.75, 3.05) is 5.32 Å². The van der Waals surface area contributed by atoms with Gasteiger partial charge >= 0.3 is 0 Å². The molecule has 74 valence electrons. The Labute approximate surface area is 82.7 Å². The predicted molar refractivity (Wildman–Crippen MR) is 52.0 cm³/mol. The molecular formula is C10H13N3O. The van der Waals surface area contributed by atoms with Crippen molar-refractivity contribution >= 4 is 5.82 Å². The van der Waals surface area contributed by atoms with Crippen LogP contribution in [0, 0.1) is 0 Å². The Bertz CT molecular complexity index is 316. The molecule has 0 radical (unpaired) electrons. The summed E-state index contributed by atoms with van der Waals surface area (Å²) in [6.07, 6.45) is 7.74. The minimum atomic E-state index is 0.398. The van der Waals surface area contributed by atoms with Crippen LogP contribution in [0.15, 0.2) is 18.6 Å². The molecule has 14 heavy (non-hydrogen) atoms. The second-order valence-electron chi connectivity index (χ2n) is 3.96. The van der Waals surface area contributed by atoms with Gasteiger partial charge < -0.3 is 10.1 Å². The van der Waals surface area contributed by atoms with Crippen LogP contribution in [0.25, 0.3) is 0 Å². The first-order chi connectivity index (χ1) is 6.92. The first kappa shape index (κ1) is 8.17. The largest absolute Gasteiger partial charge is 0.373 e. The Morgan fingerprint density at radius 1 is 1.43 bits per heavy atom. The molecule has 0 amide bonds. The summed E-state index contributed by atoms with van der Waals surface area (Å²) in [7, 11) is 0. The van der Waals surface area contributed by atoms with Crippen LogP contribution in [0.5, 0.6) is 0 Å². The number of fused-ring (bicyclic) bond motifs is 2. The standard InChI is InChI=1S/C10H13N3O/c1-2-9-8(5-7(1)14-9)13-10-3-4-11-6-12-10/h3-4,6-9H,1-2,5H2,(H,11,12,13). The fraction of sp³-hybridized carbons (Fsp3) is 0.600. The molecule has 1 aromatic heterocycles. The van der Waals surface area contributed by atoms with E-state index in [9.17, 15) is 0 Å². The zero-order valence-electron chi connectivity index (χ0n) is 7.89. The lowest BCUT2D eigenvalue weighted by molar-refractivity contribution is 0.102. The summed E-state index contributed by atoms with van der Waals surface area (Å²) in [6.45, 7) is 0. The SMILES string of the molecule is c1cc(NC2CC3CCC2O3)ncn1. The van der Waals surface area contributed by atoms with Gasteiger partial charge in [-0.2, -0.15) is 0 Å². The second-order valence-corrected chi connectivity index (χ2v) is 3.96. The Morgan fingerprint density at radius 2 is 2.43 bits per heavy atom. The summed E-state index contributed by atoms with van der Waals surface area (Å²) in [4.78, 5) is 8.03. The molecule has 4 nitrogen and oxygen atoms in total. The van der Waals surface area contributed by atoms with Gasteiger partial charge in [-0.05, 0) is 25.3 Å². The van der Waals surface area contributed by atoms with E-state index in [0.717, 1.165) is 12.2 Å². The normalized spacial score (nSPS) is 34.7. The highest BCUT2D eigenvalue weighted by Gasteiger charge is 2.40. The van der Waals surface area contributed by atoms with Gasteiger partial charge in [0.2, 0.25) is 0 Å². The zero-order chi connectivity index (χ0) is 9.38. The molecule has 3 rings (SSSR count). The second kappa shape index (κ2) is 3.20. The average molecular weight is 191 g/mol. The Hall–Kier alpha value is -1.16. The Balaban J connectivity index is 1.69. The molecule has 2 aliphatic rings. The average Bonchev–Trinajstić information content (AvgIpc) is 2.81. The highest BCUT2D eigenvalue weighted by molar-refractivity contribution is 5.34. The van der Waals surface area contributed by atoms with E-state index in [2.05, 4.69) is 15.3 Å². The van der Waals surface area contributed by atoms with Gasteiger partial charge in [0.15, 0.2) is 0 Å². The summed E-state index contributed by atoms with van der Waals surface area (Å²) in [6, 6.07) is 2.34. The quantitative estimate of drug-likeness (QED) is 0.763.